The SMILES string of the molecule is CC(C)c1ccc(C(C)CC(c2ccc(C(C)C)cc2)c2cccc(C(=O)O)c2O)cc1. The first kappa shape index (κ1) is 23.6. The third-order valence-electron chi connectivity index (χ3n) is 6.44. The molecule has 3 rings (SSSR count). The van der Waals surface area contributed by atoms with Gasteiger partial charge in [-0.05, 0) is 52.5 Å². The molecule has 0 spiro atoms. The highest BCUT2D eigenvalue weighted by Crippen LogP contribution is 2.40. The van der Waals surface area contributed by atoms with Gasteiger partial charge in [0.2, 0.25) is 0 Å². The van der Waals surface area contributed by atoms with Crippen molar-refractivity contribution in [3.8, 4) is 5.75 Å². The van der Waals surface area contributed by atoms with Gasteiger partial charge in [-0.1, -0.05) is 95.3 Å². The zero-order valence-corrected chi connectivity index (χ0v) is 19.7. The normalized spacial score (nSPS) is 13.3. The number of aromatic hydroxyl groups is 1. The number of carbonyl (C=O) groups is 1. The molecule has 3 nitrogen and oxygen atoms in total. The molecule has 0 aliphatic carbocycles. The predicted octanol–water partition coefficient (Wildman–Crippen LogP) is 7.66. The van der Waals surface area contributed by atoms with Crippen LogP contribution in [-0.2, 0) is 0 Å². The summed E-state index contributed by atoms with van der Waals surface area (Å²) in [6.07, 6.45) is 0.763. The lowest BCUT2D eigenvalue weighted by molar-refractivity contribution is 0.0693. The maximum atomic E-state index is 11.6. The van der Waals surface area contributed by atoms with Crippen LogP contribution in [0.3, 0.4) is 0 Å². The Morgan fingerprint density at radius 1 is 0.719 bits per heavy atom. The fourth-order valence-corrected chi connectivity index (χ4v) is 4.27. The minimum atomic E-state index is -1.12. The Balaban J connectivity index is 2.01. The van der Waals surface area contributed by atoms with Gasteiger partial charge in [0.25, 0.3) is 0 Å². The maximum Gasteiger partial charge on any atom is 0.339 e. The molecular formula is C29H34O3. The van der Waals surface area contributed by atoms with E-state index in [1.165, 1.54) is 22.8 Å². The number of phenols is 1. The number of benzene rings is 3. The van der Waals surface area contributed by atoms with Crippen LogP contribution in [0.4, 0.5) is 0 Å². The van der Waals surface area contributed by atoms with Gasteiger partial charge in [-0.3, -0.25) is 0 Å². The molecule has 0 aliphatic heterocycles. The molecule has 2 unspecified atom stereocenters. The third kappa shape index (κ3) is 5.21. The van der Waals surface area contributed by atoms with Crippen molar-refractivity contribution in [2.75, 3.05) is 0 Å². The molecule has 168 valence electrons. The van der Waals surface area contributed by atoms with Gasteiger partial charge in [0, 0.05) is 11.5 Å². The quantitative estimate of drug-likeness (QED) is 0.385. The van der Waals surface area contributed by atoms with Crippen molar-refractivity contribution < 1.29 is 15.0 Å². The summed E-state index contributed by atoms with van der Waals surface area (Å²) >= 11 is 0. The summed E-state index contributed by atoms with van der Waals surface area (Å²) in [7, 11) is 0. The Morgan fingerprint density at radius 3 is 1.66 bits per heavy atom. The van der Waals surface area contributed by atoms with E-state index >= 15 is 0 Å². The average Bonchev–Trinajstić information content (AvgIpc) is 2.77. The summed E-state index contributed by atoms with van der Waals surface area (Å²) in [5.74, 6) is -0.211. The topological polar surface area (TPSA) is 57.5 Å². The summed E-state index contributed by atoms with van der Waals surface area (Å²) in [6.45, 7) is 10.9. The number of hydrogen-bond acceptors (Lipinski definition) is 2. The summed E-state index contributed by atoms with van der Waals surface area (Å²) in [6, 6.07) is 22.3. The van der Waals surface area contributed by atoms with Crippen LogP contribution < -0.4 is 0 Å². The molecule has 3 heteroatoms. The molecule has 3 aromatic carbocycles. The number of para-hydroxylation sites is 1. The van der Waals surface area contributed by atoms with E-state index in [9.17, 15) is 15.0 Å². The molecular weight excluding hydrogens is 396 g/mol. The summed E-state index contributed by atoms with van der Waals surface area (Å²) in [5.41, 5.74) is 5.50. The van der Waals surface area contributed by atoms with E-state index in [1.807, 2.05) is 6.07 Å². The third-order valence-corrected chi connectivity index (χ3v) is 6.44. The number of carboxylic acid groups (broad SMARTS) is 1. The molecule has 0 saturated carbocycles. The van der Waals surface area contributed by atoms with Gasteiger partial charge in [-0.25, -0.2) is 4.79 Å². The van der Waals surface area contributed by atoms with Crippen molar-refractivity contribution in [3.63, 3.8) is 0 Å². The van der Waals surface area contributed by atoms with Gasteiger partial charge < -0.3 is 10.2 Å². The zero-order valence-electron chi connectivity index (χ0n) is 19.7. The molecule has 0 saturated heterocycles. The second-order valence-corrected chi connectivity index (χ2v) is 9.38. The Bertz CT molecular complexity index is 1050. The Labute approximate surface area is 191 Å². The van der Waals surface area contributed by atoms with Crippen LogP contribution in [0.2, 0.25) is 0 Å². The summed E-state index contributed by atoms with van der Waals surface area (Å²) in [4.78, 5) is 11.6. The van der Waals surface area contributed by atoms with Crippen molar-refractivity contribution in [2.24, 2.45) is 0 Å². The van der Waals surface area contributed by atoms with E-state index in [2.05, 4.69) is 83.1 Å². The standard InChI is InChI=1S/C29H34O3/c1-18(2)21-9-13-23(14-10-21)20(5)17-27(24-15-11-22(12-16-24)19(3)4)25-7-6-8-26(28(25)30)29(31)32/h6-16,18-20,27,30H,17H2,1-5H3,(H,31,32). The number of aromatic carboxylic acids is 1. The fraction of sp³-hybridized carbons (Fsp3) is 0.345. The van der Waals surface area contributed by atoms with E-state index in [0.29, 0.717) is 17.4 Å². The van der Waals surface area contributed by atoms with Crippen molar-refractivity contribution in [3.05, 3.63) is 100 Å². The molecule has 3 aromatic rings. The van der Waals surface area contributed by atoms with Gasteiger partial charge in [-0.2, -0.15) is 0 Å². The maximum absolute atomic E-state index is 11.6. The van der Waals surface area contributed by atoms with E-state index in [0.717, 1.165) is 12.0 Å². The van der Waals surface area contributed by atoms with Crippen LogP contribution in [0.25, 0.3) is 0 Å². The van der Waals surface area contributed by atoms with Gasteiger partial charge in [0.05, 0.1) is 0 Å². The van der Waals surface area contributed by atoms with Gasteiger partial charge in [-0.15, -0.1) is 0 Å². The number of carboxylic acids is 1. The smallest absolute Gasteiger partial charge is 0.339 e. The van der Waals surface area contributed by atoms with Gasteiger partial charge in [0.1, 0.15) is 11.3 Å². The van der Waals surface area contributed by atoms with E-state index < -0.39 is 5.97 Å². The first-order valence-electron chi connectivity index (χ1n) is 11.4. The molecule has 2 atom stereocenters. The summed E-state index contributed by atoms with van der Waals surface area (Å²) < 4.78 is 0. The van der Waals surface area contributed by atoms with Crippen molar-refractivity contribution in [2.45, 2.75) is 64.7 Å². The van der Waals surface area contributed by atoms with Crippen LogP contribution in [0.5, 0.6) is 5.75 Å². The number of rotatable bonds is 8. The molecule has 0 amide bonds. The van der Waals surface area contributed by atoms with E-state index in [1.54, 1.807) is 6.07 Å². The second-order valence-electron chi connectivity index (χ2n) is 9.38. The largest absolute Gasteiger partial charge is 0.507 e. The second kappa shape index (κ2) is 10.0. The lowest BCUT2D eigenvalue weighted by Crippen LogP contribution is -2.09. The Hall–Kier alpha value is -3.07. The molecule has 2 N–H and O–H groups in total. The van der Waals surface area contributed by atoms with E-state index in [4.69, 9.17) is 0 Å². The predicted molar refractivity (Wildman–Crippen MR) is 131 cm³/mol. The Morgan fingerprint density at radius 2 is 1.19 bits per heavy atom. The highest BCUT2D eigenvalue weighted by Gasteiger charge is 2.24. The van der Waals surface area contributed by atoms with Gasteiger partial charge in [0.15, 0.2) is 0 Å². The van der Waals surface area contributed by atoms with Crippen LogP contribution in [0.1, 0.15) is 103 Å². The lowest BCUT2D eigenvalue weighted by Gasteiger charge is -2.24. The minimum Gasteiger partial charge on any atom is -0.507 e. The average molecular weight is 431 g/mol. The van der Waals surface area contributed by atoms with Crippen molar-refractivity contribution in [1.82, 2.24) is 0 Å². The van der Waals surface area contributed by atoms with Gasteiger partial charge >= 0.3 is 5.97 Å². The molecule has 0 aliphatic rings. The molecule has 0 fully saturated rings. The minimum absolute atomic E-state index is 0.0553. The first-order valence-corrected chi connectivity index (χ1v) is 11.4. The van der Waals surface area contributed by atoms with Crippen LogP contribution in [0.15, 0.2) is 66.7 Å². The van der Waals surface area contributed by atoms with Crippen molar-refractivity contribution in [1.29, 1.82) is 0 Å². The van der Waals surface area contributed by atoms with Crippen LogP contribution >= 0.6 is 0 Å². The molecule has 0 bridgehead atoms. The van der Waals surface area contributed by atoms with Crippen LogP contribution in [0, 0.1) is 0 Å². The van der Waals surface area contributed by atoms with Crippen molar-refractivity contribution >= 4 is 5.97 Å². The fourth-order valence-electron chi connectivity index (χ4n) is 4.27. The monoisotopic (exact) mass is 430 g/mol. The molecule has 0 heterocycles. The van der Waals surface area contributed by atoms with Crippen LogP contribution in [-0.4, -0.2) is 16.2 Å². The Kier molecular flexibility index (Phi) is 7.40. The number of hydrogen-bond donors (Lipinski definition) is 2. The molecule has 0 radical (unpaired) electrons. The van der Waals surface area contributed by atoms with E-state index in [-0.39, 0.29) is 23.1 Å². The summed E-state index contributed by atoms with van der Waals surface area (Å²) in [5, 5.41) is 20.3. The first-order chi connectivity index (χ1) is 15.2. The zero-order chi connectivity index (χ0) is 23.4. The highest BCUT2D eigenvalue weighted by atomic mass is 16.4. The highest BCUT2D eigenvalue weighted by molar-refractivity contribution is 5.91. The molecule has 0 aromatic heterocycles. The lowest BCUT2D eigenvalue weighted by atomic mass is 9.80. The molecule has 32 heavy (non-hydrogen) atoms.